The van der Waals surface area contributed by atoms with Crippen molar-refractivity contribution in [1.82, 2.24) is 5.32 Å². The van der Waals surface area contributed by atoms with Gasteiger partial charge in [0.2, 0.25) is 0 Å². The van der Waals surface area contributed by atoms with Gasteiger partial charge in [0.1, 0.15) is 5.00 Å². The van der Waals surface area contributed by atoms with Gasteiger partial charge in [-0.05, 0) is 23.8 Å². The average Bonchev–Trinajstić information content (AvgIpc) is 2.75. The third-order valence-electron chi connectivity index (χ3n) is 2.43. The van der Waals surface area contributed by atoms with E-state index in [-0.39, 0.29) is 23.2 Å². The zero-order valence-electron chi connectivity index (χ0n) is 10.8. The number of urea groups is 1. The summed E-state index contributed by atoms with van der Waals surface area (Å²) in [6, 6.07) is 0.582. The smallest absolute Gasteiger partial charge is 0.338 e. The summed E-state index contributed by atoms with van der Waals surface area (Å²) in [4.78, 5) is 22.6. The van der Waals surface area contributed by atoms with Crippen molar-refractivity contribution in [3.05, 3.63) is 17.0 Å². The van der Waals surface area contributed by atoms with Gasteiger partial charge >= 0.3 is 12.0 Å². The summed E-state index contributed by atoms with van der Waals surface area (Å²) in [7, 11) is 0. The van der Waals surface area contributed by atoms with Gasteiger partial charge in [0.15, 0.2) is 0 Å². The van der Waals surface area contributed by atoms with Crippen molar-refractivity contribution in [2.24, 2.45) is 5.92 Å². The predicted octanol–water partition coefficient (Wildman–Crippen LogP) is 1.97. The van der Waals surface area contributed by atoms with Gasteiger partial charge in [-0.1, -0.05) is 13.8 Å². The monoisotopic (exact) mass is 286 g/mol. The highest BCUT2D eigenvalue weighted by molar-refractivity contribution is 7.14. The molecular formula is C12H18N2O4S. The second-order valence-corrected chi connectivity index (χ2v) is 5.49. The van der Waals surface area contributed by atoms with E-state index < -0.39 is 12.0 Å². The van der Waals surface area contributed by atoms with E-state index in [0.717, 1.165) is 11.3 Å². The van der Waals surface area contributed by atoms with E-state index in [2.05, 4.69) is 10.6 Å². The summed E-state index contributed by atoms with van der Waals surface area (Å²) in [6.45, 7) is 3.83. The largest absolute Gasteiger partial charge is 0.478 e. The second-order valence-electron chi connectivity index (χ2n) is 4.58. The molecule has 0 radical (unpaired) electrons. The van der Waals surface area contributed by atoms with E-state index in [0.29, 0.717) is 12.3 Å². The molecule has 0 bridgehead atoms. The number of rotatable bonds is 6. The summed E-state index contributed by atoms with van der Waals surface area (Å²) in [5, 5.41) is 25.0. The summed E-state index contributed by atoms with van der Waals surface area (Å²) < 4.78 is 0. The molecule has 7 heteroatoms. The van der Waals surface area contributed by atoms with Crippen LogP contribution in [0.15, 0.2) is 11.4 Å². The number of aromatic carboxylic acids is 1. The molecule has 1 atom stereocenters. The molecule has 4 N–H and O–H groups in total. The van der Waals surface area contributed by atoms with Crippen LogP contribution in [0.5, 0.6) is 0 Å². The zero-order valence-corrected chi connectivity index (χ0v) is 11.7. The number of carbonyl (C=O) groups is 2. The molecule has 1 heterocycles. The molecular weight excluding hydrogens is 268 g/mol. The van der Waals surface area contributed by atoms with Crippen molar-refractivity contribution in [1.29, 1.82) is 0 Å². The molecule has 2 amide bonds. The molecule has 0 saturated heterocycles. The van der Waals surface area contributed by atoms with Crippen molar-refractivity contribution in [2.75, 3.05) is 11.9 Å². The van der Waals surface area contributed by atoms with E-state index in [9.17, 15) is 9.59 Å². The number of anilines is 1. The minimum absolute atomic E-state index is 0.0598. The summed E-state index contributed by atoms with van der Waals surface area (Å²) >= 11 is 1.14. The number of carbonyl (C=O) groups excluding carboxylic acids is 1. The molecule has 1 unspecified atom stereocenters. The minimum Gasteiger partial charge on any atom is -0.478 e. The van der Waals surface area contributed by atoms with Crippen LogP contribution >= 0.6 is 11.3 Å². The lowest BCUT2D eigenvalue weighted by atomic mass is 10.0. The Morgan fingerprint density at radius 1 is 1.42 bits per heavy atom. The Morgan fingerprint density at radius 2 is 2.11 bits per heavy atom. The van der Waals surface area contributed by atoms with Crippen LogP contribution in [-0.4, -0.2) is 34.9 Å². The molecule has 1 aromatic heterocycles. The highest BCUT2D eigenvalue weighted by Crippen LogP contribution is 2.22. The van der Waals surface area contributed by atoms with Gasteiger partial charge in [-0.15, -0.1) is 11.3 Å². The number of aliphatic hydroxyl groups excluding tert-OH is 1. The van der Waals surface area contributed by atoms with Gasteiger partial charge in [0.25, 0.3) is 0 Å². The number of thiophene rings is 1. The lowest BCUT2D eigenvalue weighted by Gasteiger charge is -2.18. The van der Waals surface area contributed by atoms with E-state index in [1.54, 1.807) is 5.38 Å². The zero-order chi connectivity index (χ0) is 14.4. The van der Waals surface area contributed by atoms with Gasteiger partial charge in [-0.2, -0.15) is 0 Å². The maximum absolute atomic E-state index is 11.7. The van der Waals surface area contributed by atoms with Gasteiger partial charge in [-0.25, -0.2) is 9.59 Å². The summed E-state index contributed by atoms with van der Waals surface area (Å²) in [5.74, 6) is -0.744. The number of hydrogen-bond donors (Lipinski definition) is 4. The first-order valence-corrected chi connectivity index (χ1v) is 6.81. The Hall–Kier alpha value is -1.60. The van der Waals surface area contributed by atoms with E-state index >= 15 is 0 Å². The molecule has 0 spiro atoms. The van der Waals surface area contributed by atoms with E-state index in [1.807, 2.05) is 13.8 Å². The number of carboxylic acid groups (broad SMARTS) is 1. The molecule has 1 aromatic rings. The first kappa shape index (κ1) is 15.5. The quantitative estimate of drug-likeness (QED) is 0.642. The molecule has 6 nitrogen and oxygen atoms in total. The molecule has 19 heavy (non-hydrogen) atoms. The number of aliphatic hydroxyl groups is 1. The highest BCUT2D eigenvalue weighted by atomic mass is 32.1. The Bertz CT molecular complexity index is 445. The normalized spacial score (nSPS) is 12.2. The lowest BCUT2D eigenvalue weighted by molar-refractivity contribution is 0.0698. The first-order valence-electron chi connectivity index (χ1n) is 5.93. The lowest BCUT2D eigenvalue weighted by Crippen LogP contribution is -2.41. The van der Waals surface area contributed by atoms with Crippen molar-refractivity contribution < 1.29 is 19.8 Å². The Labute approximate surface area is 115 Å². The standard InChI is InChI=1S/C12H18N2O4S/c1-7(2)5-8(6-15)13-12(18)14-10-9(11(16)17)3-4-19-10/h3-4,7-8,15H,5-6H2,1-2H3,(H,16,17)(H2,13,14,18). The van der Waals surface area contributed by atoms with Gasteiger partial charge < -0.3 is 15.5 Å². The predicted molar refractivity (Wildman–Crippen MR) is 73.8 cm³/mol. The van der Waals surface area contributed by atoms with Gasteiger partial charge in [0, 0.05) is 0 Å². The Kier molecular flexibility index (Phi) is 5.78. The molecule has 0 aromatic carbocycles. The highest BCUT2D eigenvalue weighted by Gasteiger charge is 2.16. The summed E-state index contributed by atoms with van der Waals surface area (Å²) in [5.41, 5.74) is 0.0598. The number of carboxylic acids is 1. The van der Waals surface area contributed by atoms with Crippen LogP contribution in [0.1, 0.15) is 30.6 Å². The number of nitrogens with one attached hydrogen (secondary N) is 2. The fraction of sp³-hybridized carbons (Fsp3) is 0.500. The second kappa shape index (κ2) is 7.10. The SMILES string of the molecule is CC(C)CC(CO)NC(=O)Nc1sccc1C(=O)O. The molecule has 0 fully saturated rings. The fourth-order valence-corrected chi connectivity index (χ4v) is 2.42. The van der Waals surface area contributed by atoms with Crippen LogP contribution in [0.25, 0.3) is 0 Å². The molecule has 0 aliphatic carbocycles. The van der Waals surface area contributed by atoms with E-state index in [1.165, 1.54) is 6.07 Å². The van der Waals surface area contributed by atoms with Gasteiger partial charge in [-0.3, -0.25) is 5.32 Å². The number of amides is 2. The third-order valence-corrected chi connectivity index (χ3v) is 3.26. The van der Waals surface area contributed by atoms with Crippen molar-refractivity contribution in [2.45, 2.75) is 26.3 Å². The fourth-order valence-electron chi connectivity index (χ4n) is 1.65. The molecule has 0 aliphatic heterocycles. The van der Waals surface area contributed by atoms with E-state index in [4.69, 9.17) is 10.2 Å². The molecule has 106 valence electrons. The number of hydrogen-bond acceptors (Lipinski definition) is 4. The third kappa shape index (κ3) is 4.88. The molecule has 0 saturated carbocycles. The van der Waals surface area contributed by atoms with Crippen molar-refractivity contribution in [3.63, 3.8) is 0 Å². The summed E-state index contributed by atoms with van der Waals surface area (Å²) in [6.07, 6.45) is 0.653. The average molecular weight is 286 g/mol. The first-order chi connectivity index (χ1) is 8.93. The maximum Gasteiger partial charge on any atom is 0.338 e. The van der Waals surface area contributed by atoms with Crippen LogP contribution in [0.4, 0.5) is 9.80 Å². The minimum atomic E-state index is -1.09. The van der Waals surface area contributed by atoms with Crippen LogP contribution in [0.3, 0.4) is 0 Å². The topological polar surface area (TPSA) is 98.7 Å². The van der Waals surface area contributed by atoms with Gasteiger partial charge in [0.05, 0.1) is 18.2 Å². The van der Waals surface area contributed by atoms with Crippen molar-refractivity contribution in [3.8, 4) is 0 Å². The Morgan fingerprint density at radius 3 is 2.63 bits per heavy atom. The van der Waals surface area contributed by atoms with Crippen LogP contribution in [0, 0.1) is 5.92 Å². The van der Waals surface area contributed by atoms with Crippen LogP contribution in [0.2, 0.25) is 0 Å². The van der Waals surface area contributed by atoms with Crippen LogP contribution < -0.4 is 10.6 Å². The van der Waals surface area contributed by atoms with Crippen molar-refractivity contribution >= 4 is 28.3 Å². The van der Waals surface area contributed by atoms with Crippen LogP contribution in [-0.2, 0) is 0 Å². The maximum atomic E-state index is 11.7. The Balaban J connectivity index is 2.59. The molecule has 0 aliphatic rings. The molecule has 1 rings (SSSR count).